The second-order valence-electron chi connectivity index (χ2n) is 7.03. The quantitative estimate of drug-likeness (QED) is 0.696. The number of hydrogen-bond acceptors (Lipinski definition) is 4. The molecule has 4 rings (SSSR count). The zero-order valence-electron chi connectivity index (χ0n) is 15.7. The molecule has 0 radical (unpaired) electrons. The van der Waals surface area contributed by atoms with Crippen molar-refractivity contribution in [2.75, 3.05) is 5.06 Å². The summed E-state index contributed by atoms with van der Waals surface area (Å²) in [4.78, 5) is 19.6. The van der Waals surface area contributed by atoms with E-state index in [0.29, 0.717) is 0 Å². The highest BCUT2D eigenvalue weighted by Gasteiger charge is 2.47. The number of hydroxylamine groups is 1. The van der Waals surface area contributed by atoms with Gasteiger partial charge in [-0.15, -0.1) is 0 Å². The first-order chi connectivity index (χ1) is 13.1. The summed E-state index contributed by atoms with van der Waals surface area (Å²) in [5.74, 6) is -0.411. The van der Waals surface area contributed by atoms with Crippen LogP contribution in [0.3, 0.4) is 0 Å². The number of anilines is 1. The van der Waals surface area contributed by atoms with Gasteiger partial charge < -0.3 is 0 Å². The Hall–Kier alpha value is -2.92. The third-order valence-electron chi connectivity index (χ3n) is 5.03. The van der Waals surface area contributed by atoms with Gasteiger partial charge in [0.2, 0.25) is 0 Å². The Balaban J connectivity index is 1.79. The standard InChI is InChI=1S/C22H23N3O2/c1-15-14-16(2)24(23-15)22(26)20-17(3)27-25(19-12-8-5-9-13-19)21(20)18-10-6-4-7-11-18/h4-14,17,20-21H,1-3H3/t17-,20-,21-/m1/s1. The zero-order valence-corrected chi connectivity index (χ0v) is 15.7. The number of benzene rings is 2. The third kappa shape index (κ3) is 3.15. The van der Waals surface area contributed by atoms with E-state index in [-0.39, 0.29) is 24.0 Å². The van der Waals surface area contributed by atoms with Gasteiger partial charge in [0.15, 0.2) is 0 Å². The first-order valence-corrected chi connectivity index (χ1v) is 9.20. The topological polar surface area (TPSA) is 47.4 Å². The molecule has 1 aliphatic heterocycles. The number of rotatable bonds is 3. The van der Waals surface area contributed by atoms with Crippen molar-refractivity contribution < 1.29 is 9.63 Å². The molecule has 0 spiro atoms. The van der Waals surface area contributed by atoms with Crippen LogP contribution in [-0.2, 0) is 4.84 Å². The van der Waals surface area contributed by atoms with Crippen LogP contribution < -0.4 is 5.06 Å². The zero-order chi connectivity index (χ0) is 19.0. The van der Waals surface area contributed by atoms with Crippen LogP contribution in [0, 0.1) is 19.8 Å². The number of carbonyl (C=O) groups is 1. The maximum atomic E-state index is 13.4. The van der Waals surface area contributed by atoms with Crippen LogP contribution in [0.25, 0.3) is 0 Å². The molecule has 0 bridgehead atoms. The van der Waals surface area contributed by atoms with Crippen molar-refractivity contribution in [3.63, 3.8) is 0 Å². The van der Waals surface area contributed by atoms with Crippen LogP contribution in [0.1, 0.15) is 34.7 Å². The molecule has 27 heavy (non-hydrogen) atoms. The molecule has 0 unspecified atom stereocenters. The van der Waals surface area contributed by atoms with Crippen LogP contribution in [0.15, 0.2) is 66.7 Å². The molecule has 2 aromatic carbocycles. The smallest absolute Gasteiger partial charge is 0.255 e. The number of aryl methyl sites for hydroxylation is 2. The first-order valence-electron chi connectivity index (χ1n) is 9.20. The van der Waals surface area contributed by atoms with Crippen LogP contribution in [0.5, 0.6) is 0 Å². The molecule has 1 aliphatic rings. The van der Waals surface area contributed by atoms with Gasteiger partial charge in [-0.1, -0.05) is 48.5 Å². The van der Waals surface area contributed by atoms with Gasteiger partial charge >= 0.3 is 0 Å². The number of hydrogen-bond donors (Lipinski definition) is 0. The summed E-state index contributed by atoms with van der Waals surface area (Å²) in [6, 6.07) is 21.7. The van der Waals surface area contributed by atoms with Gasteiger partial charge in [0.25, 0.3) is 5.91 Å². The fourth-order valence-corrected chi connectivity index (χ4v) is 3.83. The molecule has 1 aromatic heterocycles. The van der Waals surface area contributed by atoms with Crippen molar-refractivity contribution in [3.05, 3.63) is 83.7 Å². The Morgan fingerprint density at radius 3 is 2.22 bits per heavy atom. The molecule has 2 heterocycles. The molecule has 0 aliphatic carbocycles. The van der Waals surface area contributed by atoms with Gasteiger partial charge in [0, 0.05) is 5.69 Å². The molecule has 5 heteroatoms. The van der Waals surface area contributed by atoms with E-state index in [1.165, 1.54) is 4.68 Å². The summed E-state index contributed by atoms with van der Waals surface area (Å²) >= 11 is 0. The lowest BCUT2D eigenvalue weighted by molar-refractivity contribution is 0.0617. The van der Waals surface area contributed by atoms with Gasteiger partial charge in [-0.05, 0) is 44.5 Å². The fourth-order valence-electron chi connectivity index (χ4n) is 3.83. The highest BCUT2D eigenvalue weighted by Crippen LogP contribution is 2.43. The van der Waals surface area contributed by atoms with Gasteiger partial charge in [-0.25, -0.2) is 9.75 Å². The van der Waals surface area contributed by atoms with Gasteiger partial charge in [-0.3, -0.25) is 9.63 Å². The summed E-state index contributed by atoms with van der Waals surface area (Å²) in [7, 11) is 0. The molecular weight excluding hydrogens is 338 g/mol. The van der Waals surface area contributed by atoms with E-state index in [9.17, 15) is 4.79 Å². The van der Waals surface area contributed by atoms with E-state index < -0.39 is 0 Å². The number of nitrogens with zero attached hydrogens (tertiary/aromatic N) is 3. The SMILES string of the molecule is Cc1cc(C)n(C(=O)[C@H]2[C@@H](c3ccccc3)N(c3ccccc3)O[C@@H]2C)n1. The van der Waals surface area contributed by atoms with Crippen LogP contribution in [-0.4, -0.2) is 21.8 Å². The van der Waals surface area contributed by atoms with Crippen molar-refractivity contribution >= 4 is 11.6 Å². The number of aromatic nitrogens is 2. The van der Waals surface area contributed by atoms with Gasteiger partial charge in [-0.2, -0.15) is 5.10 Å². The lowest BCUT2D eigenvalue weighted by Crippen LogP contribution is -2.33. The maximum Gasteiger partial charge on any atom is 0.255 e. The molecule has 0 N–H and O–H groups in total. The van der Waals surface area contributed by atoms with Crippen molar-refractivity contribution in [2.45, 2.75) is 32.9 Å². The largest absolute Gasteiger partial charge is 0.272 e. The van der Waals surface area contributed by atoms with Crippen molar-refractivity contribution in [3.8, 4) is 0 Å². The van der Waals surface area contributed by atoms with E-state index in [1.54, 1.807) is 0 Å². The molecule has 1 fully saturated rings. The summed E-state index contributed by atoms with van der Waals surface area (Å²) in [6.45, 7) is 5.76. The molecule has 1 saturated heterocycles. The Labute approximate surface area is 159 Å². The minimum atomic E-state index is -0.370. The Morgan fingerprint density at radius 1 is 1.00 bits per heavy atom. The molecule has 0 amide bonds. The van der Waals surface area contributed by atoms with E-state index in [1.807, 2.05) is 92.6 Å². The Morgan fingerprint density at radius 2 is 1.63 bits per heavy atom. The molecule has 138 valence electrons. The Bertz CT molecular complexity index is 937. The molecule has 5 nitrogen and oxygen atoms in total. The van der Waals surface area contributed by atoms with E-state index >= 15 is 0 Å². The third-order valence-corrected chi connectivity index (χ3v) is 5.03. The predicted octanol–water partition coefficient (Wildman–Crippen LogP) is 4.34. The number of carbonyl (C=O) groups excluding carboxylic acids is 1. The first kappa shape index (κ1) is 17.5. The average molecular weight is 361 g/mol. The number of para-hydroxylation sites is 1. The average Bonchev–Trinajstić information content (AvgIpc) is 3.21. The molecule has 3 aromatic rings. The molecule has 0 saturated carbocycles. The maximum absolute atomic E-state index is 13.4. The van der Waals surface area contributed by atoms with Crippen molar-refractivity contribution in [1.29, 1.82) is 0 Å². The minimum Gasteiger partial charge on any atom is -0.272 e. The summed E-state index contributed by atoms with van der Waals surface area (Å²) in [5, 5.41) is 6.28. The van der Waals surface area contributed by atoms with Crippen molar-refractivity contribution in [2.24, 2.45) is 5.92 Å². The second-order valence-corrected chi connectivity index (χ2v) is 7.03. The predicted molar refractivity (Wildman–Crippen MR) is 104 cm³/mol. The van der Waals surface area contributed by atoms with Gasteiger partial charge in [0.05, 0.1) is 29.4 Å². The Kier molecular flexibility index (Phi) is 4.54. The summed E-state index contributed by atoms with van der Waals surface area (Å²) in [5.41, 5.74) is 3.66. The summed E-state index contributed by atoms with van der Waals surface area (Å²) < 4.78 is 1.52. The summed E-state index contributed by atoms with van der Waals surface area (Å²) in [6.07, 6.45) is -0.271. The van der Waals surface area contributed by atoms with E-state index in [4.69, 9.17) is 4.84 Å². The van der Waals surface area contributed by atoms with Crippen LogP contribution in [0.2, 0.25) is 0 Å². The lowest BCUT2D eigenvalue weighted by Gasteiger charge is -2.27. The van der Waals surface area contributed by atoms with E-state index in [2.05, 4.69) is 5.10 Å². The lowest BCUT2D eigenvalue weighted by atomic mass is 9.89. The van der Waals surface area contributed by atoms with Gasteiger partial charge in [0.1, 0.15) is 0 Å². The van der Waals surface area contributed by atoms with E-state index in [0.717, 1.165) is 22.6 Å². The normalized spacial score (nSPS) is 22.2. The fraction of sp³-hybridized carbons (Fsp3) is 0.273. The highest BCUT2D eigenvalue weighted by atomic mass is 16.7. The molecule has 3 atom stereocenters. The monoisotopic (exact) mass is 361 g/mol. The van der Waals surface area contributed by atoms with Crippen molar-refractivity contribution in [1.82, 2.24) is 9.78 Å². The molecular formula is C22H23N3O2. The highest BCUT2D eigenvalue weighted by molar-refractivity contribution is 5.84. The van der Waals surface area contributed by atoms with Crippen LogP contribution >= 0.6 is 0 Å². The minimum absolute atomic E-state index is 0.0413. The second kappa shape index (κ2) is 7.00. The van der Waals surface area contributed by atoms with Crippen LogP contribution in [0.4, 0.5) is 5.69 Å².